The first-order valence-corrected chi connectivity index (χ1v) is 5.59. The Morgan fingerprint density at radius 1 is 1.28 bits per heavy atom. The molecule has 2 aromatic rings. The molecule has 1 aliphatic carbocycles. The van der Waals surface area contributed by atoms with Gasteiger partial charge in [-0.05, 0) is 25.0 Å². The van der Waals surface area contributed by atoms with E-state index in [2.05, 4.69) is 10.2 Å². The summed E-state index contributed by atoms with van der Waals surface area (Å²) in [5.41, 5.74) is 5.09. The highest BCUT2D eigenvalue weighted by molar-refractivity contribution is 5.42. The zero-order valence-electron chi connectivity index (χ0n) is 9.41. The number of pyridine rings is 1. The number of hydrogen-bond donors (Lipinski definition) is 1. The molecule has 0 unspecified atom stereocenters. The molecule has 1 saturated carbocycles. The molecule has 0 atom stereocenters. The number of aromatic nitrogens is 3. The Morgan fingerprint density at radius 3 is 2.56 bits per heavy atom. The molecule has 0 spiro atoms. The highest BCUT2D eigenvalue weighted by atomic mass is 19.4. The molecular weight excluding hydrogens is 245 g/mol. The molecule has 1 fully saturated rings. The summed E-state index contributed by atoms with van der Waals surface area (Å²) in [6.07, 6.45) is -1.63. The molecule has 0 aliphatic heterocycles. The monoisotopic (exact) mass is 256 g/mol. The topological polar surface area (TPSA) is 56.2 Å². The lowest BCUT2D eigenvalue weighted by Crippen LogP contribution is -2.22. The molecule has 0 radical (unpaired) electrons. The van der Waals surface area contributed by atoms with Crippen LogP contribution in [-0.4, -0.2) is 21.1 Å². The van der Waals surface area contributed by atoms with Gasteiger partial charge >= 0.3 is 6.18 Å². The first kappa shape index (κ1) is 11.5. The van der Waals surface area contributed by atoms with E-state index in [0.29, 0.717) is 18.0 Å². The largest absolute Gasteiger partial charge is 0.417 e. The third-order valence-electron chi connectivity index (χ3n) is 3.45. The van der Waals surface area contributed by atoms with Gasteiger partial charge in [0.25, 0.3) is 0 Å². The Kier molecular flexibility index (Phi) is 2.19. The fourth-order valence-corrected chi connectivity index (χ4v) is 2.09. The average Bonchev–Trinajstić information content (AvgIpc) is 3.00. The Labute approximate surface area is 101 Å². The van der Waals surface area contributed by atoms with Crippen molar-refractivity contribution in [1.29, 1.82) is 0 Å². The number of fused-ring (bicyclic) bond motifs is 1. The summed E-state index contributed by atoms with van der Waals surface area (Å²) in [5, 5.41) is 7.88. The minimum absolute atomic E-state index is 0.288. The van der Waals surface area contributed by atoms with Crippen LogP contribution in [0.1, 0.15) is 24.2 Å². The van der Waals surface area contributed by atoms with Gasteiger partial charge in [-0.15, -0.1) is 10.2 Å². The van der Waals surface area contributed by atoms with Crippen LogP contribution in [0.5, 0.6) is 0 Å². The van der Waals surface area contributed by atoms with Crippen molar-refractivity contribution in [2.75, 3.05) is 6.54 Å². The van der Waals surface area contributed by atoms with Gasteiger partial charge in [-0.1, -0.05) is 0 Å². The molecular formula is C11H11F3N4. The van der Waals surface area contributed by atoms with Crippen molar-refractivity contribution in [1.82, 2.24) is 14.6 Å². The van der Waals surface area contributed by atoms with E-state index < -0.39 is 11.7 Å². The van der Waals surface area contributed by atoms with E-state index in [1.54, 1.807) is 0 Å². The van der Waals surface area contributed by atoms with Crippen molar-refractivity contribution in [3.63, 3.8) is 0 Å². The maximum Gasteiger partial charge on any atom is 0.417 e. The van der Waals surface area contributed by atoms with Gasteiger partial charge in [-0.25, -0.2) is 0 Å². The molecule has 0 saturated heterocycles. The fraction of sp³-hybridized carbons (Fsp3) is 0.455. The van der Waals surface area contributed by atoms with Crippen molar-refractivity contribution in [2.45, 2.75) is 24.4 Å². The van der Waals surface area contributed by atoms with Gasteiger partial charge in [0.15, 0.2) is 5.65 Å². The van der Waals surface area contributed by atoms with E-state index in [0.717, 1.165) is 25.1 Å². The Balaban J connectivity index is 2.17. The van der Waals surface area contributed by atoms with Crippen molar-refractivity contribution < 1.29 is 13.2 Å². The van der Waals surface area contributed by atoms with Gasteiger partial charge in [-0.2, -0.15) is 13.2 Å². The van der Waals surface area contributed by atoms with Gasteiger partial charge in [0, 0.05) is 18.2 Å². The second-order valence-corrected chi connectivity index (χ2v) is 4.65. The van der Waals surface area contributed by atoms with E-state index in [4.69, 9.17) is 5.73 Å². The number of alkyl halides is 3. The molecule has 2 heterocycles. The molecule has 2 N–H and O–H groups in total. The predicted octanol–water partition coefficient (Wildman–Crippen LogP) is 1.74. The molecule has 0 aromatic carbocycles. The quantitative estimate of drug-likeness (QED) is 0.890. The van der Waals surface area contributed by atoms with E-state index in [-0.39, 0.29) is 5.41 Å². The Morgan fingerprint density at radius 2 is 2.00 bits per heavy atom. The highest BCUT2D eigenvalue weighted by Crippen LogP contribution is 2.46. The number of nitrogens with two attached hydrogens (primary N) is 1. The standard InChI is InChI=1S/C11H11F3N4/c12-11(13,14)7-1-2-8-16-17-9(18(8)5-7)10(6-15)3-4-10/h1-2,5H,3-4,6,15H2. The maximum absolute atomic E-state index is 12.7. The van der Waals surface area contributed by atoms with Crippen molar-refractivity contribution in [3.05, 3.63) is 29.7 Å². The zero-order valence-corrected chi connectivity index (χ0v) is 9.41. The molecule has 0 amide bonds. The van der Waals surface area contributed by atoms with Crippen LogP contribution >= 0.6 is 0 Å². The zero-order chi connectivity index (χ0) is 13.0. The molecule has 3 rings (SSSR count). The van der Waals surface area contributed by atoms with E-state index in [1.807, 2.05) is 0 Å². The summed E-state index contributed by atoms with van der Waals surface area (Å²) in [5.74, 6) is 0.533. The summed E-state index contributed by atoms with van der Waals surface area (Å²) < 4.78 is 39.4. The predicted molar refractivity (Wildman–Crippen MR) is 58.0 cm³/mol. The lowest BCUT2D eigenvalue weighted by molar-refractivity contribution is -0.137. The maximum atomic E-state index is 12.7. The van der Waals surface area contributed by atoms with Crippen LogP contribution in [0.3, 0.4) is 0 Å². The van der Waals surface area contributed by atoms with E-state index >= 15 is 0 Å². The number of nitrogens with zero attached hydrogens (tertiary/aromatic N) is 3. The first-order chi connectivity index (χ1) is 8.46. The molecule has 0 bridgehead atoms. The number of halogens is 3. The van der Waals surface area contributed by atoms with Gasteiger partial charge in [0.1, 0.15) is 5.82 Å². The lowest BCUT2D eigenvalue weighted by atomic mass is 10.1. The molecule has 7 heteroatoms. The normalized spacial score (nSPS) is 18.2. The van der Waals surface area contributed by atoms with Crippen LogP contribution in [0, 0.1) is 0 Å². The number of hydrogen-bond acceptors (Lipinski definition) is 3. The van der Waals surface area contributed by atoms with Gasteiger partial charge < -0.3 is 5.73 Å². The Bertz CT molecular complexity index is 598. The van der Waals surface area contributed by atoms with Crippen molar-refractivity contribution in [2.24, 2.45) is 5.73 Å². The summed E-state index contributed by atoms with van der Waals surface area (Å²) in [6.45, 7) is 0.379. The molecule has 18 heavy (non-hydrogen) atoms. The van der Waals surface area contributed by atoms with E-state index in [9.17, 15) is 13.2 Å². The average molecular weight is 256 g/mol. The van der Waals surface area contributed by atoms with Gasteiger partial charge in [0.2, 0.25) is 0 Å². The van der Waals surface area contributed by atoms with Crippen molar-refractivity contribution in [3.8, 4) is 0 Å². The van der Waals surface area contributed by atoms with Gasteiger partial charge in [0.05, 0.1) is 5.56 Å². The van der Waals surface area contributed by atoms with Crippen LogP contribution in [0.2, 0.25) is 0 Å². The minimum atomic E-state index is -4.37. The van der Waals surface area contributed by atoms with Crippen LogP contribution in [0.25, 0.3) is 5.65 Å². The van der Waals surface area contributed by atoms with Crippen LogP contribution < -0.4 is 5.73 Å². The van der Waals surface area contributed by atoms with Crippen molar-refractivity contribution >= 4 is 5.65 Å². The molecule has 96 valence electrons. The SMILES string of the molecule is NCC1(c2nnc3ccc(C(F)(F)F)cn23)CC1. The summed E-state index contributed by atoms with van der Waals surface area (Å²) in [4.78, 5) is 0. The van der Waals surface area contributed by atoms with E-state index in [1.165, 1.54) is 10.5 Å². The smallest absolute Gasteiger partial charge is 0.329 e. The molecule has 1 aliphatic rings. The summed E-state index contributed by atoms with van der Waals surface area (Å²) in [6, 6.07) is 2.34. The first-order valence-electron chi connectivity index (χ1n) is 5.59. The van der Waals surface area contributed by atoms with Crippen LogP contribution in [0.4, 0.5) is 13.2 Å². The second kappa shape index (κ2) is 3.44. The summed E-state index contributed by atoms with van der Waals surface area (Å²) in [7, 11) is 0. The second-order valence-electron chi connectivity index (χ2n) is 4.65. The van der Waals surface area contributed by atoms with Crippen LogP contribution in [0.15, 0.2) is 18.3 Å². The fourth-order valence-electron chi connectivity index (χ4n) is 2.09. The third kappa shape index (κ3) is 1.58. The lowest BCUT2D eigenvalue weighted by Gasteiger charge is -2.11. The minimum Gasteiger partial charge on any atom is -0.329 e. The number of rotatable bonds is 2. The molecule has 2 aromatic heterocycles. The Hall–Kier alpha value is -1.63. The molecule has 4 nitrogen and oxygen atoms in total. The summed E-state index contributed by atoms with van der Waals surface area (Å²) >= 11 is 0. The highest BCUT2D eigenvalue weighted by Gasteiger charge is 2.47. The third-order valence-corrected chi connectivity index (χ3v) is 3.45. The van der Waals surface area contributed by atoms with Crippen LogP contribution in [-0.2, 0) is 11.6 Å². The van der Waals surface area contributed by atoms with Gasteiger partial charge in [-0.3, -0.25) is 4.40 Å².